The number of ether oxygens (including phenoxy) is 2. The van der Waals surface area contributed by atoms with Gasteiger partial charge in [0.15, 0.2) is 0 Å². The average Bonchev–Trinajstić information content (AvgIpc) is 3.30. The van der Waals surface area contributed by atoms with Crippen LogP contribution in [0.1, 0.15) is 34.5 Å². The maximum absolute atomic E-state index is 13.4. The van der Waals surface area contributed by atoms with E-state index < -0.39 is 12.1 Å². The summed E-state index contributed by atoms with van der Waals surface area (Å²) in [5, 5.41) is 12.0. The fraction of sp³-hybridized carbons (Fsp3) is 0.304. The van der Waals surface area contributed by atoms with Gasteiger partial charge in [0.1, 0.15) is 18.1 Å². The second-order valence-corrected chi connectivity index (χ2v) is 7.79. The van der Waals surface area contributed by atoms with E-state index in [1.807, 2.05) is 13.0 Å². The molecule has 0 aliphatic carbocycles. The van der Waals surface area contributed by atoms with Crippen LogP contribution < -0.4 is 15.2 Å². The number of alkyl halides is 2. The zero-order valence-electron chi connectivity index (χ0n) is 19.4. The molecule has 9 nitrogen and oxygen atoms in total. The summed E-state index contributed by atoms with van der Waals surface area (Å²) in [7, 11) is 3.05. The van der Waals surface area contributed by atoms with E-state index in [1.54, 1.807) is 44.2 Å². The smallest absolute Gasteiger partial charge is 0.368 e. The second kappa shape index (κ2) is 9.08. The predicted octanol–water partition coefficient (Wildman–Crippen LogP) is 3.60. The summed E-state index contributed by atoms with van der Waals surface area (Å²) in [5.41, 5.74) is 2.80. The van der Waals surface area contributed by atoms with E-state index in [0.717, 1.165) is 10.2 Å². The van der Waals surface area contributed by atoms with Gasteiger partial charge >= 0.3 is 5.69 Å². The molecule has 4 rings (SSSR count). The summed E-state index contributed by atoms with van der Waals surface area (Å²) in [6, 6.07) is 10.6. The van der Waals surface area contributed by atoms with Crippen LogP contribution >= 0.6 is 0 Å². The van der Waals surface area contributed by atoms with Gasteiger partial charge in [-0.3, -0.25) is 0 Å². The third kappa shape index (κ3) is 4.04. The number of rotatable bonds is 7. The molecule has 0 spiro atoms. The van der Waals surface area contributed by atoms with E-state index in [2.05, 4.69) is 15.5 Å². The van der Waals surface area contributed by atoms with Gasteiger partial charge in [-0.25, -0.2) is 18.3 Å². The monoisotopic (exact) mass is 470 g/mol. The minimum Gasteiger partial charge on any atom is -0.496 e. The molecule has 0 N–H and O–H groups in total. The SMILES string of the molecule is COc1cccc(-n2nnn(C)c2=O)c1COc1ccc(-n2nc(C)c(C(F)F)c2C)cc1C. The standard InChI is InChI=1S/C23H24F2N6O3/c1-13-11-16(30-15(3)21(22(24)25)14(2)26-30)9-10-19(13)34-12-17-18(7-6-8-20(17)33-5)31-23(32)29(4)27-28-31/h6-11,22H,12H2,1-5H3. The third-order valence-corrected chi connectivity index (χ3v) is 5.62. The molecule has 0 atom stereocenters. The summed E-state index contributed by atoms with van der Waals surface area (Å²) in [6.07, 6.45) is -2.59. The van der Waals surface area contributed by atoms with Crippen molar-refractivity contribution in [1.82, 2.24) is 29.6 Å². The molecule has 0 saturated carbocycles. The molecule has 4 aromatic rings. The van der Waals surface area contributed by atoms with Crippen molar-refractivity contribution in [2.75, 3.05) is 7.11 Å². The molecule has 0 fully saturated rings. The Hall–Kier alpha value is -4.02. The van der Waals surface area contributed by atoms with Crippen LogP contribution in [0.5, 0.6) is 11.5 Å². The van der Waals surface area contributed by atoms with Crippen molar-refractivity contribution in [3.63, 3.8) is 0 Å². The van der Waals surface area contributed by atoms with Gasteiger partial charge in [0.2, 0.25) is 0 Å². The first-order chi connectivity index (χ1) is 16.2. The molecule has 2 aromatic carbocycles. The zero-order chi connectivity index (χ0) is 24.6. The van der Waals surface area contributed by atoms with Gasteiger partial charge < -0.3 is 9.47 Å². The largest absolute Gasteiger partial charge is 0.496 e. The average molecular weight is 470 g/mol. The summed E-state index contributed by atoms with van der Waals surface area (Å²) in [4.78, 5) is 12.4. The number of aromatic nitrogens is 6. The number of aryl methyl sites for hydroxylation is 3. The molecule has 34 heavy (non-hydrogen) atoms. The van der Waals surface area contributed by atoms with Crippen LogP contribution in [-0.4, -0.2) is 36.7 Å². The van der Waals surface area contributed by atoms with Gasteiger partial charge in [-0.1, -0.05) is 6.07 Å². The van der Waals surface area contributed by atoms with Gasteiger partial charge in [-0.05, 0) is 67.1 Å². The highest BCUT2D eigenvalue weighted by atomic mass is 19.3. The molecule has 178 valence electrons. The molecular weight excluding hydrogens is 446 g/mol. The molecule has 0 saturated heterocycles. The Morgan fingerprint density at radius 1 is 1.03 bits per heavy atom. The van der Waals surface area contributed by atoms with Crippen LogP contribution in [0.2, 0.25) is 0 Å². The molecular formula is C23H24F2N6O3. The van der Waals surface area contributed by atoms with Gasteiger partial charge in [0.25, 0.3) is 6.43 Å². The highest BCUT2D eigenvalue weighted by Crippen LogP contribution is 2.30. The topological polar surface area (TPSA) is 89.0 Å². The number of tetrazole rings is 1. The quantitative estimate of drug-likeness (QED) is 0.410. The lowest BCUT2D eigenvalue weighted by atomic mass is 10.1. The number of hydrogen-bond acceptors (Lipinski definition) is 6. The van der Waals surface area contributed by atoms with Crippen molar-refractivity contribution >= 4 is 0 Å². The van der Waals surface area contributed by atoms with E-state index >= 15 is 0 Å². The van der Waals surface area contributed by atoms with Crippen LogP contribution in [-0.2, 0) is 13.7 Å². The number of methoxy groups -OCH3 is 1. The number of hydrogen-bond donors (Lipinski definition) is 0. The zero-order valence-corrected chi connectivity index (χ0v) is 19.4. The van der Waals surface area contributed by atoms with Crippen LogP contribution in [0.4, 0.5) is 8.78 Å². The fourth-order valence-electron chi connectivity index (χ4n) is 3.85. The van der Waals surface area contributed by atoms with Crippen molar-refractivity contribution in [1.29, 1.82) is 0 Å². The Balaban J connectivity index is 1.64. The van der Waals surface area contributed by atoms with Crippen LogP contribution in [0.15, 0.2) is 41.2 Å². The van der Waals surface area contributed by atoms with Crippen LogP contribution in [0.3, 0.4) is 0 Å². The van der Waals surface area contributed by atoms with E-state index in [0.29, 0.717) is 39.8 Å². The molecule has 2 aromatic heterocycles. The first-order valence-corrected chi connectivity index (χ1v) is 10.5. The lowest BCUT2D eigenvalue weighted by Gasteiger charge is -2.16. The molecule has 0 bridgehead atoms. The van der Waals surface area contributed by atoms with Gasteiger partial charge in [0.05, 0.1) is 41.0 Å². The number of halogens is 2. The van der Waals surface area contributed by atoms with E-state index in [1.165, 1.54) is 23.5 Å². The predicted molar refractivity (Wildman–Crippen MR) is 120 cm³/mol. The third-order valence-electron chi connectivity index (χ3n) is 5.62. The van der Waals surface area contributed by atoms with Crippen LogP contribution in [0, 0.1) is 20.8 Å². The Labute approximate surface area is 194 Å². The maximum Gasteiger partial charge on any atom is 0.368 e. The molecule has 2 heterocycles. The lowest BCUT2D eigenvalue weighted by molar-refractivity contribution is 0.150. The molecule has 0 aliphatic rings. The number of benzene rings is 2. The first-order valence-electron chi connectivity index (χ1n) is 10.5. The van der Waals surface area contributed by atoms with Gasteiger partial charge in [-0.15, -0.1) is 0 Å². The van der Waals surface area contributed by atoms with Crippen molar-refractivity contribution in [2.24, 2.45) is 7.05 Å². The van der Waals surface area contributed by atoms with E-state index in [-0.39, 0.29) is 12.2 Å². The van der Waals surface area contributed by atoms with Crippen molar-refractivity contribution in [3.8, 4) is 22.9 Å². The molecule has 0 aliphatic heterocycles. The Kier molecular flexibility index (Phi) is 6.18. The maximum atomic E-state index is 13.4. The van der Waals surface area contributed by atoms with Crippen LogP contribution in [0.25, 0.3) is 11.4 Å². The van der Waals surface area contributed by atoms with Crippen molar-refractivity contribution in [3.05, 3.63) is 75.0 Å². The van der Waals surface area contributed by atoms with Crippen molar-refractivity contribution in [2.45, 2.75) is 33.8 Å². The summed E-state index contributed by atoms with van der Waals surface area (Å²) >= 11 is 0. The molecule has 11 heteroatoms. The summed E-state index contributed by atoms with van der Waals surface area (Å²) in [6.45, 7) is 5.15. The van der Waals surface area contributed by atoms with Gasteiger partial charge in [0, 0.05) is 7.05 Å². The normalized spacial score (nSPS) is 11.3. The minimum absolute atomic E-state index is 0.0547. The Morgan fingerprint density at radius 3 is 2.38 bits per heavy atom. The highest BCUT2D eigenvalue weighted by Gasteiger charge is 2.21. The molecule has 0 radical (unpaired) electrons. The first kappa shape index (κ1) is 23.1. The summed E-state index contributed by atoms with van der Waals surface area (Å²) < 4.78 is 42.1. The van der Waals surface area contributed by atoms with E-state index in [4.69, 9.17) is 9.47 Å². The molecule has 0 unspecified atom stereocenters. The summed E-state index contributed by atoms with van der Waals surface area (Å²) in [5.74, 6) is 1.12. The minimum atomic E-state index is -2.59. The van der Waals surface area contributed by atoms with Crippen molar-refractivity contribution < 1.29 is 18.3 Å². The Bertz CT molecular complexity index is 1410. The molecule has 0 amide bonds. The highest BCUT2D eigenvalue weighted by molar-refractivity contribution is 5.50. The van der Waals surface area contributed by atoms with Gasteiger partial charge in [-0.2, -0.15) is 14.5 Å². The second-order valence-electron chi connectivity index (χ2n) is 7.79. The van der Waals surface area contributed by atoms with E-state index in [9.17, 15) is 13.6 Å². The fourth-order valence-corrected chi connectivity index (χ4v) is 3.85. The number of nitrogens with zero attached hydrogens (tertiary/aromatic N) is 6. The lowest BCUT2D eigenvalue weighted by Crippen LogP contribution is -2.23. The Morgan fingerprint density at radius 2 is 1.79 bits per heavy atom.